The van der Waals surface area contributed by atoms with Crippen molar-refractivity contribution in [3.63, 3.8) is 0 Å². The van der Waals surface area contributed by atoms with Gasteiger partial charge in [-0.3, -0.25) is 0 Å². The lowest BCUT2D eigenvalue weighted by Crippen LogP contribution is -2.31. The molecular weight excluding hydrogens is 316 g/mol. The van der Waals surface area contributed by atoms with Crippen molar-refractivity contribution in [1.82, 2.24) is 9.71 Å². The molecule has 1 aromatic carbocycles. The van der Waals surface area contributed by atoms with Crippen molar-refractivity contribution in [3.8, 4) is 0 Å². The Labute approximate surface area is 133 Å². The van der Waals surface area contributed by atoms with Crippen LogP contribution in [0.4, 0.5) is 0 Å². The van der Waals surface area contributed by atoms with E-state index in [1.807, 2.05) is 24.4 Å². The molecule has 0 atom stereocenters. The van der Waals surface area contributed by atoms with E-state index in [0.29, 0.717) is 10.8 Å². The second-order valence-corrected chi connectivity index (χ2v) is 8.73. The molecule has 1 fully saturated rings. The number of benzene rings is 1. The van der Waals surface area contributed by atoms with Crippen molar-refractivity contribution in [2.75, 3.05) is 6.54 Å². The maximum Gasteiger partial charge on any atom is 0.250 e. The van der Waals surface area contributed by atoms with Gasteiger partial charge in [-0.15, -0.1) is 11.3 Å². The Balaban J connectivity index is 1.61. The number of para-hydroxylation sites is 1. The van der Waals surface area contributed by atoms with Crippen LogP contribution < -0.4 is 4.72 Å². The van der Waals surface area contributed by atoms with Crippen molar-refractivity contribution in [3.05, 3.63) is 53.5 Å². The second kappa shape index (κ2) is 4.94. The number of thiophene rings is 1. The smallest absolute Gasteiger partial charge is 0.250 e. The molecule has 1 saturated carbocycles. The van der Waals surface area contributed by atoms with E-state index in [1.165, 1.54) is 22.3 Å². The van der Waals surface area contributed by atoms with Crippen LogP contribution in [-0.4, -0.2) is 19.9 Å². The number of hydrogen-bond donors (Lipinski definition) is 2. The fraction of sp³-hybridized carbons (Fsp3) is 0.250. The van der Waals surface area contributed by atoms with E-state index in [0.717, 1.165) is 18.4 Å². The molecule has 4 rings (SSSR count). The Kier molecular flexibility index (Phi) is 3.14. The van der Waals surface area contributed by atoms with Gasteiger partial charge in [-0.1, -0.05) is 24.3 Å². The highest BCUT2D eigenvalue weighted by Crippen LogP contribution is 2.50. The van der Waals surface area contributed by atoms with Crippen LogP contribution in [0.2, 0.25) is 0 Å². The number of aromatic nitrogens is 1. The molecule has 2 N–H and O–H groups in total. The highest BCUT2D eigenvalue weighted by molar-refractivity contribution is 7.91. The van der Waals surface area contributed by atoms with Gasteiger partial charge in [0.15, 0.2) is 0 Å². The Morgan fingerprint density at radius 1 is 1.18 bits per heavy atom. The van der Waals surface area contributed by atoms with Crippen LogP contribution in [0.15, 0.2) is 52.2 Å². The molecule has 22 heavy (non-hydrogen) atoms. The van der Waals surface area contributed by atoms with Crippen molar-refractivity contribution < 1.29 is 8.42 Å². The molecule has 0 radical (unpaired) electrons. The van der Waals surface area contributed by atoms with Gasteiger partial charge in [0.1, 0.15) is 4.21 Å². The maximum absolute atomic E-state index is 12.3. The summed E-state index contributed by atoms with van der Waals surface area (Å²) in [7, 11) is -3.40. The molecule has 6 heteroatoms. The molecule has 0 amide bonds. The minimum Gasteiger partial charge on any atom is -0.361 e. The van der Waals surface area contributed by atoms with E-state index < -0.39 is 10.0 Å². The van der Waals surface area contributed by atoms with E-state index in [9.17, 15) is 8.42 Å². The molecule has 2 aromatic heterocycles. The number of nitrogens with one attached hydrogen (secondary N) is 2. The molecule has 4 nitrogen and oxygen atoms in total. The third-order valence-corrected chi connectivity index (χ3v) is 7.17. The van der Waals surface area contributed by atoms with Crippen LogP contribution in [0, 0.1) is 0 Å². The first-order valence-electron chi connectivity index (χ1n) is 7.21. The zero-order valence-electron chi connectivity index (χ0n) is 11.9. The lowest BCUT2D eigenvalue weighted by atomic mass is 9.96. The number of sulfonamides is 1. The van der Waals surface area contributed by atoms with E-state index in [2.05, 4.69) is 15.8 Å². The van der Waals surface area contributed by atoms with Gasteiger partial charge in [-0.2, -0.15) is 0 Å². The van der Waals surface area contributed by atoms with Crippen molar-refractivity contribution >= 4 is 32.3 Å². The molecule has 2 heterocycles. The summed E-state index contributed by atoms with van der Waals surface area (Å²) in [6.45, 7) is 0.453. The summed E-state index contributed by atoms with van der Waals surface area (Å²) >= 11 is 1.24. The third-order valence-electron chi connectivity index (χ3n) is 4.37. The van der Waals surface area contributed by atoms with Gasteiger partial charge < -0.3 is 4.98 Å². The fourth-order valence-electron chi connectivity index (χ4n) is 2.92. The van der Waals surface area contributed by atoms with Gasteiger partial charge in [0.2, 0.25) is 10.0 Å². The van der Waals surface area contributed by atoms with Crippen molar-refractivity contribution in [1.29, 1.82) is 0 Å². The predicted octanol–water partition coefficient (Wildman–Crippen LogP) is 3.24. The minimum atomic E-state index is -3.40. The largest absolute Gasteiger partial charge is 0.361 e. The summed E-state index contributed by atoms with van der Waals surface area (Å²) in [5.41, 5.74) is 2.26. The monoisotopic (exact) mass is 332 g/mol. The quantitative estimate of drug-likeness (QED) is 0.753. The molecule has 114 valence electrons. The Bertz CT molecular complexity index is 907. The van der Waals surface area contributed by atoms with Crippen LogP contribution in [0.3, 0.4) is 0 Å². The zero-order valence-corrected chi connectivity index (χ0v) is 13.5. The van der Waals surface area contributed by atoms with E-state index >= 15 is 0 Å². The Morgan fingerprint density at radius 2 is 2.00 bits per heavy atom. The molecule has 0 spiro atoms. The predicted molar refractivity (Wildman–Crippen MR) is 88.7 cm³/mol. The lowest BCUT2D eigenvalue weighted by Gasteiger charge is -2.15. The molecule has 1 aliphatic carbocycles. The van der Waals surface area contributed by atoms with Gasteiger partial charge in [0, 0.05) is 29.1 Å². The SMILES string of the molecule is O=S(=O)(NCC1(c2c[nH]c3ccccc23)CC1)c1cccs1. The highest BCUT2D eigenvalue weighted by atomic mass is 32.2. The van der Waals surface area contributed by atoms with Crippen LogP contribution in [0.5, 0.6) is 0 Å². The maximum atomic E-state index is 12.3. The molecular formula is C16H16N2O2S2. The topological polar surface area (TPSA) is 62.0 Å². The third kappa shape index (κ3) is 2.27. The molecule has 0 bridgehead atoms. The number of aromatic amines is 1. The first kappa shape index (κ1) is 14.0. The van der Waals surface area contributed by atoms with Gasteiger partial charge >= 0.3 is 0 Å². The summed E-state index contributed by atoms with van der Waals surface area (Å²) < 4.78 is 27.7. The summed E-state index contributed by atoms with van der Waals surface area (Å²) in [6.07, 6.45) is 4.06. The number of H-pyrrole nitrogens is 1. The Morgan fingerprint density at radius 3 is 2.73 bits per heavy atom. The van der Waals surface area contributed by atoms with Gasteiger partial charge in [0.05, 0.1) is 0 Å². The number of fused-ring (bicyclic) bond motifs is 1. The molecule has 3 aromatic rings. The van der Waals surface area contributed by atoms with Crippen LogP contribution in [0.1, 0.15) is 18.4 Å². The first-order chi connectivity index (χ1) is 10.6. The highest BCUT2D eigenvalue weighted by Gasteiger charge is 2.46. The van der Waals surface area contributed by atoms with Crippen LogP contribution >= 0.6 is 11.3 Å². The van der Waals surface area contributed by atoms with Gasteiger partial charge in [0.25, 0.3) is 0 Å². The van der Waals surface area contributed by atoms with Crippen LogP contribution in [0.25, 0.3) is 10.9 Å². The lowest BCUT2D eigenvalue weighted by molar-refractivity contribution is 0.570. The molecule has 1 aliphatic rings. The van der Waals surface area contributed by atoms with Gasteiger partial charge in [-0.05, 0) is 35.9 Å². The fourth-order valence-corrected chi connectivity index (χ4v) is 5.09. The van der Waals surface area contributed by atoms with Crippen molar-refractivity contribution in [2.24, 2.45) is 0 Å². The normalized spacial score (nSPS) is 16.9. The van der Waals surface area contributed by atoms with E-state index in [4.69, 9.17) is 0 Å². The summed E-state index contributed by atoms with van der Waals surface area (Å²) in [5.74, 6) is 0. The minimum absolute atomic E-state index is 0.0655. The zero-order chi connectivity index (χ0) is 15.2. The van der Waals surface area contributed by atoms with E-state index in [-0.39, 0.29) is 5.41 Å². The van der Waals surface area contributed by atoms with Crippen molar-refractivity contribution in [2.45, 2.75) is 22.5 Å². The average Bonchev–Trinajstić information content (AvgIpc) is 2.95. The summed E-state index contributed by atoms with van der Waals surface area (Å²) in [6, 6.07) is 11.6. The summed E-state index contributed by atoms with van der Waals surface area (Å²) in [4.78, 5) is 3.28. The average molecular weight is 332 g/mol. The van der Waals surface area contributed by atoms with E-state index in [1.54, 1.807) is 17.5 Å². The standard InChI is InChI=1S/C16H16N2O2S2/c19-22(20,15-6-3-9-21-15)18-11-16(7-8-16)13-10-17-14-5-2-1-4-12(13)14/h1-6,9-10,17-18H,7-8,11H2. The molecule has 0 saturated heterocycles. The summed E-state index contributed by atoms with van der Waals surface area (Å²) in [5, 5.41) is 2.97. The van der Waals surface area contributed by atoms with Crippen LogP contribution in [-0.2, 0) is 15.4 Å². The first-order valence-corrected chi connectivity index (χ1v) is 9.57. The van der Waals surface area contributed by atoms with Gasteiger partial charge in [-0.25, -0.2) is 13.1 Å². The Hall–Kier alpha value is -1.63. The second-order valence-electron chi connectivity index (χ2n) is 5.78. The number of rotatable bonds is 5. The molecule has 0 unspecified atom stereocenters. The molecule has 0 aliphatic heterocycles. The number of hydrogen-bond acceptors (Lipinski definition) is 3.